The van der Waals surface area contributed by atoms with E-state index in [1.54, 1.807) is 0 Å². The molecule has 0 heterocycles. The highest BCUT2D eigenvalue weighted by atomic mass is 35.5. The first-order valence-electron chi connectivity index (χ1n) is 7.03. The van der Waals surface area contributed by atoms with Crippen molar-refractivity contribution in [1.82, 2.24) is 5.32 Å². The van der Waals surface area contributed by atoms with E-state index >= 15 is 0 Å². The summed E-state index contributed by atoms with van der Waals surface area (Å²) >= 11 is 5.83. The van der Waals surface area contributed by atoms with E-state index in [1.165, 1.54) is 32.1 Å². The van der Waals surface area contributed by atoms with Crippen molar-refractivity contribution < 1.29 is 0 Å². The van der Waals surface area contributed by atoms with Crippen molar-refractivity contribution in [3.63, 3.8) is 0 Å². The number of hydrogen-bond acceptors (Lipinski definition) is 2. The standard InChI is InChI=1S/C15H25ClN2/c1-2-3-4-5-6-11-17-12-13-18-15-9-7-14(16)8-10-15/h7-10,17-18H,2-6,11-13H2,1H3. The number of anilines is 1. The lowest BCUT2D eigenvalue weighted by Crippen LogP contribution is -2.23. The van der Waals surface area contributed by atoms with Gasteiger partial charge in [0.15, 0.2) is 0 Å². The zero-order chi connectivity index (χ0) is 13.1. The maximum atomic E-state index is 5.83. The molecule has 0 spiro atoms. The third kappa shape index (κ3) is 7.57. The molecule has 102 valence electrons. The van der Waals surface area contributed by atoms with Gasteiger partial charge in [0, 0.05) is 23.8 Å². The maximum Gasteiger partial charge on any atom is 0.0407 e. The molecule has 2 N–H and O–H groups in total. The van der Waals surface area contributed by atoms with E-state index in [2.05, 4.69) is 17.6 Å². The maximum absolute atomic E-state index is 5.83. The van der Waals surface area contributed by atoms with E-state index in [0.717, 1.165) is 30.3 Å². The molecule has 1 rings (SSSR count). The lowest BCUT2D eigenvalue weighted by molar-refractivity contribution is 0.589. The second-order valence-electron chi connectivity index (χ2n) is 4.60. The molecule has 0 unspecified atom stereocenters. The molecule has 0 amide bonds. The van der Waals surface area contributed by atoms with Gasteiger partial charge in [0.25, 0.3) is 0 Å². The van der Waals surface area contributed by atoms with Gasteiger partial charge in [-0.2, -0.15) is 0 Å². The summed E-state index contributed by atoms with van der Waals surface area (Å²) in [5.41, 5.74) is 1.13. The molecule has 0 saturated carbocycles. The number of nitrogens with one attached hydrogen (secondary N) is 2. The lowest BCUT2D eigenvalue weighted by atomic mass is 10.1. The molecule has 0 fully saturated rings. The zero-order valence-corrected chi connectivity index (χ0v) is 12.1. The van der Waals surface area contributed by atoms with Crippen molar-refractivity contribution in [2.24, 2.45) is 0 Å². The molecule has 0 bridgehead atoms. The lowest BCUT2D eigenvalue weighted by Gasteiger charge is -2.07. The smallest absolute Gasteiger partial charge is 0.0407 e. The van der Waals surface area contributed by atoms with Gasteiger partial charge in [-0.1, -0.05) is 44.2 Å². The molecule has 1 aromatic carbocycles. The SMILES string of the molecule is CCCCCCCNCCNc1ccc(Cl)cc1. The Balaban J connectivity index is 1.91. The molecule has 2 nitrogen and oxygen atoms in total. The van der Waals surface area contributed by atoms with Crippen LogP contribution in [0.2, 0.25) is 5.02 Å². The van der Waals surface area contributed by atoms with Crippen molar-refractivity contribution >= 4 is 17.3 Å². The first-order chi connectivity index (χ1) is 8.83. The number of rotatable bonds is 10. The molecule has 0 aliphatic carbocycles. The minimum atomic E-state index is 0.783. The second kappa shape index (κ2) is 10.2. The van der Waals surface area contributed by atoms with Crippen molar-refractivity contribution in [1.29, 1.82) is 0 Å². The average molecular weight is 269 g/mol. The Bertz CT molecular complexity index is 298. The Kier molecular flexibility index (Phi) is 8.70. The van der Waals surface area contributed by atoms with E-state index in [0.29, 0.717) is 0 Å². The Morgan fingerprint density at radius 2 is 1.61 bits per heavy atom. The van der Waals surface area contributed by atoms with E-state index in [1.807, 2.05) is 24.3 Å². The predicted molar refractivity (Wildman–Crippen MR) is 81.6 cm³/mol. The highest BCUT2D eigenvalue weighted by Crippen LogP contribution is 2.12. The van der Waals surface area contributed by atoms with Gasteiger partial charge in [0.1, 0.15) is 0 Å². The van der Waals surface area contributed by atoms with E-state index in [-0.39, 0.29) is 0 Å². The minimum absolute atomic E-state index is 0.783. The van der Waals surface area contributed by atoms with Crippen LogP contribution in [0.25, 0.3) is 0 Å². The van der Waals surface area contributed by atoms with Crippen molar-refractivity contribution in [2.75, 3.05) is 25.0 Å². The Labute approximate surface area is 116 Å². The summed E-state index contributed by atoms with van der Waals surface area (Å²) in [6, 6.07) is 7.83. The van der Waals surface area contributed by atoms with Crippen LogP contribution in [0.4, 0.5) is 5.69 Å². The largest absolute Gasteiger partial charge is 0.384 e. The topological polar surface area (TPSA) is 24.1 Å². The highest BCUT2D eigenvalue weighted by molar-refractivity contribution is 6.30. The first kappa shape index (κ1) is 15.3. The van der Waals surface area contributed by atoms with Crippen LogP contribution in [0.5, 0.6) is 0 Å². The number of benzene rings is 1. The van der Waals surface area contributed by atoms with Gasteiger partial charge in [-0.15, -0.1) is 0 Å². The van der Waals surface area contributed by atoms with Gasteiger partial charge in [-0.05, 0) is 37.2 Å². The Morgan fingerprint density at radius 1 is 0.889 bits per heavy atom. The van der Waals surface area contributed by atoms with Crippen molar-refractivity contribution in [3.8, 4) is 0 Å². The monoisotopic (exact) mass is 268 g/mol. The third-order valence-corrected chi connectivity index (χ3v) is 3.18. The summed E-state index contributed by atoms with van der Waals surface area (Å²) in [6.07, 6.45) is 6.71. The molecule has 18 heavy (non-hydrogen) atoms. The van der Waals surface area contributed by atoms with Crippen LogP contribution in [0.1, 0.15) is 39.0 Å². The zero-order valence-electron chi connectivity index (χ0n) is 11.3. The van der Waals surface area contributed by atoms with Crippen LogP contribution in [0.15, 0.2) is 24.3 Å². The van der Waals surface area contributed by atoms with Crippen LogP contribution >= 0.6 is 11.6 Å². The first-order valence-corrected chi connectivity index (χ1v) is 7.41. The second-order valence-corrected chi connectivity index (χ2v) is 5.03. The summed E-state index contributed by atoms with van der Waals surface area (Å²) in [5.74, 6) is 0. The molecular formula is C15H25ClN2. The number of hydrogen-bond donors (Lipinski definition) is 2. The van der Waals surface area contributed by atoms with Crippen LogP contribution in [-0.2, 0) is 0 Å². The van der Waals surface area contributed by atoms with E-state index < -0.39 is 0 Å². The number of unbranched alkanes of at least 4 members (excludes halogenated alkanes) is 4. The van der Waals surface area contributed by atoms with Gasteiger partial charge >= 0.3 is 0 Å². The molecule has 0 aliphatic heterocycles. The van der Waals surface area contributed by atoms with Gasteiger partial charge in [-0.25, -0.2) is 0 Å². The van der Waals surface area contributed by atoms with Gasteiger partial charge in [0.2, 0.25) is 0 Å². The molecule has 0 aromatic heterocycles. The molecule has 0 radical (unpaired) electrons. The highest BCUT2D eigenvalue weighted by Gasteiger charge is 1.92. The third-order valence-electron chi connectivity index (χ3n) is 2.93. The fourth-order valence-electron chi connectivity index (χ4n) is 1.84. The van der Waals surface area contributed by atoms with Crippen LogP contribution in [-0.4, -0.2) is 19.6 Å². The molecule has 1 aromatic rings. The van der Waals surface area contributed by atoms with Crippen LogP contribution < -0.4 is 10.6 Å². The summed E-state index contributed by atoms with van der Waals surface area (Å²) in [4.78, 5) is 0. The Hall–Kier alpha value is -0.730. The fraction of sp³-hybridized carbons (Fsp3) is 0.600. The summed E-state index contributed by atoms with van der Waals surface area (Å²) in [7, 11) is 0. The van der Waals surface area contributed by atoms with Gasteiger partial charge in [0.05, 0.1) is 0 Å². The molecule has 0 saturated heterocycles. The fourth-order valence-corrected chi connectivity index (χ4v) is 1.97. The van der Waals surface area contributed by atoms with Crippen molar-refractivity contribution in [2.45, 2.75) is 39.0 Å². The predicted octanol–water partition coefficient (Wildman–Crippen LogP) is 4.31. The summed E-state index contributed by atoms with van der Waals surface area (Å²) < 4.78 is 0. The van der Waals surface area contributed by atoms with Crippen LogP contribution in [0.3, 0.4) is 0 Å². The molecular weight excluding hydrogens is 244 g/mol. The van der Waals surface area contributed by atoms with Gasteiger partial charge in [-0.3, -0.25) is 0 Å². The summed E-state index contributed by atoms with van der Waals surface area (Å²) in [6.45, 7) is 5.35. The molecule has 0 atom stereocenters. The minimum Gasteiger partial charge on any atom is -0.384 e. The van der Waals surface area contributed by atoms with E-state index in [4.69, 9.17) is 11.6 Å². The van der Waals surface area contributed by atoms with Crippen LogP contribution in [0, 0.1) is 0 Å². The number of halogens is 1. The normalized spacial score (nSPS) is 10.6. The van der Waals surface area contributed by atoms with E-state index in [9.17, 15) is 0 Å². The summed E-state index contributed by atoms with van der Waals surface area (Å²) in [5, 5.41) is 7.60. The Morgan fingerprint density at radius 3 is 2.33 bits per heavy atom. The van der Waals surface area contributed by atoms with Gasteiger partial charge < -0.3 is 10.6 Å². The molecule has 0 aliphatic rings. The average Bonchev–Trinajstić information content (AvgIpc) is 2.39. The van der Waals surface area contributed by atoms with Crippen molar-refractivity contribution in [3.05, 3.63) is 29.3 Å². The molecule has 3 heteroatoms. The quantitative estimate of drug-likeness (QED) is 0.618.